The lowest BCUT2D eigenvalue weighted by Crippen LogP contribution is -1.89. The van der Waals surface area contributed by atoms with E-state index < -0.39 is 10.4 Å². The third-order valence-corrected chi connectivity index (χ3v) is 0. The molecule has 0 bridgehead atoms. The molecule has 110 valence electrons. The van der Waals surface area contributed by atoms with Crippen molar-refractivity contribution in [3.8, 4) is 6.07 Å². The fourth-order valence-electron chi connectivity index (χ4n) is 0. The molecule has 0 amide bonds. The molecule has 0 atom stereocenters. The van der Waals surface area contributed by atoms with E-state index in [9.17, 15) is 0 Å². The number of hydrogen-bond acceptors (Lipinski definition) is 7. The van der Waals surface area contributed by atoms with Crippen LogP contribution in [-0.4, -0.2) is 40.4 Å². The Morgan fingerprint density at radius 1 is 1.24 bits per heavy atom. The summed E-state index contributed by atoms with van der Waals surface area (Å²) in [6.07, 6.45) is -0.167. The van der Waals surface area contributed by atoms with Gasteiger partial charge in [0.25, 0.3) is 0 Å². The molecule has 0 saturated heterocycles. The predicted octanol–water partition coefficient (Wildman–Crippen LogP) is 0.587. The zero-order valence-corrected chi connectivity index (χ0v) is 11.5. The molecule has 0 aliphatic rings. The molecule has 0 aliphatic carbocycles. The topological polar surface area (TPSA) is 209 Å². The standard InChI is InChI=1S/C3H8O.C2H3N.C2H6O.2H3N.H2O4S/c1-3(2)4;2*1-2-3;;;1-5(2,3)4/h3-4H,1-2H3;1H3;3H,2H2,1H3;2*1H3;(H2,1,2,3,4). The monoisotopic (exact) mass is 279 g/mol. The van der Waals surface area contributed by atoms with Gasteiger partial charge in [0.2, 0.25) is 0 Å². The van der Waals surface area contributed by atoms with Crippen LogP contribution in [0.3, 0.4) is 0 Å². The van der Waals surface area contributed by atoms with E-state index in [1.165, 1.54) is 6.92 Å². The maximum absolute atomic E-state index is 8.74. The van der Waals surface area contributed by atoms with Crippen molar-refractivity contribution in [3.05, 3.63) is 0 Å². The Morgan fingerprint density at radius 2 is 1.24 bits per heavy atom. The van der Waals surface area contributed by atoms with Gasteiger partial charge < -0.3 is 22.5 Å². The number of hydrogen-bond donors (Lipinski definition) is 6. The van der Waals surface area contributed by atoms with Gasteiger partial charge in [-0.15, -0.1) is 0 Å². The molecule has 0 rings (SSSR count). The molecular weight excluding hydrogens is 254 g/mol. The summed E-state index contributed by atoms with van der Waals surface area (Å²) in [5.74, 6) is 0. The third-order valence-electron chi connectivity index (χ3n) is 0. The average Bonchev–Trinajstić information content (AvgIpc) is 1.82. The molecule has 0 aromatic carbocycles. The molecular formula is C7H25N3O6S. The first kappa shape index (κ1) is 36.0. The van der Waals surface area contributed by atoms with E-state index in [4.69, 9.17) is 33.0 Å². The molecule has 10 N–H and O–H groups in total. The predicted molar refractivity (Wildman–Crippen MR) is 65.6 cm³/mol. The molecule has 0 spiro atoms. The van der Waals surface area contributed by atoms with Gasteiger partial charge >= 0.3 is 10.4 Å². The summed E-state index contributed by atoms with van der Waals surface area (Å²) < 4.78 is 31.6. The summed E-state index contributed by atoms with van der Waals surface area (Å²) in [7, 11) is -4.67. The van der Waals surface area contributed by atoms with E-state index in [0.717, 1.165) is 0 Å². The molecule has 0 heterocycles. The van der Waals surface area contributed by atoms with Crippen molar-refractivity contribution in [2.75, 3.05) is 6.61 Å². The van der Waals surface area contributed by atoms with Gasteiger partial charge in [-0.2, -0.15) is 13.7 Å². The third kappa shape index (κ3) is 4140. The van der Waals surface area contributed by atoms with Gasteiger partial charge in [-0.25, -0.2) is 0 Å². The second-order valence-corrected chi connectivity index (χ2v) is 2.98. The number of aliphatic hydroxyl groups is 2. The molecule has 10 heteroatoms. The maximum Gasteiger partial charge on any atom is 0.394 e. The summed E-state index contributed by atoms with van der Waals surface area (Å²) in [6.45, 7) is 6.81. The Hall–Kier alpha value is -0.800. The molecule has 0 aliphatic heterocycles. The van der Waals surface area contributed by atoms with E-state index >= 15 is 0 Å². The number of aliphatic hydroxyl groups excluding tert-OH is 2. The Morgan fingerprint density at radius 3 is 1.24 bits per heavy atom. The van der Waals surface area contributed by atoms with E-state index in [0.29, 0.717) is 0 Å². The SMILES string of the molecule is CC#N.CC(C)O.CCO.N.N.O=S(=O)(O)O. The van der Waals surface area contributed by atoms with Crippen molar-refractivity contribution in [2.24, 2.45) is 0 Å². The Kier molecular flexibility index (Phi) is 62.3. The normalized spacial score (nSPS) is 7.06. The summed E-state index contributed by atoms with van der Waals surface area (Å²) in [6, 6.07) is 1.75. The van der Waals surface area contributed by atoms with Gasteiger partial charge in [0.1, 0.15) is 0 Å². The molecule has 0 aromatic rings. The van der Waals surface area contributed by atoms with Crippen LogP contribution in [0.2, 0.25) is 0 Å². The quantitative estimate of drug-likeness (QED) is 0.342. The van der Waals surface area contributed by atoms with Crippen LogP contribution in [0.5, 0.6) is 0 Å². The average molecular weight is 279 g/mol. The van der Waals surface area contributed by atoms with Crippen LogP contribution in [0.4, 0.5) is 0 Å². The highest BCUT2D eigenvalue weighted by Crippen LogP contribution is 1.65. The molecule has 0 saturated carbocycles. The highest BCUT2D eigenvalue weighted by molar-refractivity contribution is 7.79. The zero-order valence-electron chi connectivity index (χ0n) is 10.7. The number of nitrogens with zero attached hydrogens (tertiary/aromatic N) is 1. The summed E-state index contributed by atoms with van der Waals surface area (Å²) in [4.78, 5) is 0. The summed E-state index contributed by atoms with van der Waals surface area (Å²) in [5, 5.41) is 22.9. The van der Waals surface area contributed by atoms with Crippen LogP contribution < -0.4 is 12.3 Å². The first-order valence-corrected chi connectivity index (χ1v) is 5.26. The molecule has 17 heavy (non-hydrogen) atoms. The smallest absolute Gasteiger partial charge is 0.394 e. The van der Waals surface area contributed by atoms with Crippen LogP contribution >= 0.6 is 0 Å². The van der Waals surface area contributed by atoms with E-state index in [1.54, 1.807) is 26.8 Å². The molecule has 9 nitrogen and oxygen atoms in total. The largest absolute Gasteiger partial charge is 0.397 e. The van der Waals surface area contributed by atoms with Crippen LogP contribution in [0.15, 0.2) is 0 Å². The second kappa shape index (κ2) is 29.5. The van der Waals surface area contributed by atoms with Gasteiger partial charge in [-0.05, 0) is 20.8 Å². The van der Waals surface area contributed by atoms with Crippen LogP contribution in [-0.2, 0) is 10.4 Å². The number of rotatable bonds is 0. The van der Waals surface area contributed by atoms with E-state index in [-0.39, 0.29) is 25.0 Å². The Balaban J connectivity index is -0.0000000234. The summed E-state index contributed by atoms with van der Waals surface area (Å²) in [5.41, 5.74) is 0. The van der Waals surface area contributed by atoms with Gasteiger partial charge in [0, 0.05) is 19.6 Å². The fraction of sp³-hybridized carbons (Fsp3) is 0.857. The molecule has 0 unspecified atom stereocenters. The lowest BCUT2D eigenvalue weighted by Gasteiger charge is -1.80. The zero-order chi connectivity index (χ0) is 13.5. The second-order valence-electron chi connectivity index (χ2n) is 2.08. The van der Waals surface area contributed by atoms with Crippen LogP contribution in [0, 0.1) is 11.3 Å². The molecule has 0 aromatic heterocycles. The van der Waals surface area contributed by atoms with Gasteiger partial charge in [0.15, 0.2) is 0 Å². The fourth-order valence-corrected chi connectivity index (χ4v) is 0. The van der Waals surface area contributed by atoms with Crippen molar-refractivity contribution in [2.45, 2.75) is 33.8 Å². The van der Waals surface area contributed by atoms with Crippen LogP contribution in [0.25, 0.3) is 0 Å². The van der Waals surface area contributed by atoms with Gasteiger partial charge in [-0.1, -0.05) is 0 Å². The molecule has 0 radical (unpaired) electrons. The number of nitriles is 1. The van der Waals surface area contributed by atoms with Crippen molar-refractivity contribution < 1.29 is 27.7 Å². The first-order chi connectivity index (χ1) is 6.56. The highest BCUT2D eigenvalue weighted by atomic mass is 32.3. The minimum absolute atomic E-state index is 0. The minimum atomic E-state index is -4.67. The highest BCUT2D eigenvalue weighted by Gasteiger charge is 1.84. The van der Waals surface area contributed by atoms with E-state index in [1.807, 2.05) is 0 Å². The van der Waals surface area contributed by atoms with Crippen molar-refractivity contribution in [3.63, 3.8) is 0 Å². The molecule has 0 fully saturated rings. The van der Waals surface area contributed by atoms with Gasteiger partial charge in [0.05, 0.1) is 6.07 Å². The van der Waals surface area contributed by atoms with E-state index in [2.05, 4.69) is 0 Å². The summed E-state index contributed by atoms with van der Waals surface area (Å²) >= 11 is 0. The lowest BCUT2D eigenvalue weighted by atomic mass is 10.5. The lowest BCUT2D eigenvalue weighted by molar-refractivity contribution is 0.216. The van der Waals surface area contributed by atoms with Gasteiger partial charge in [-0.3, -0.25) is 9.11 Å². The first-order valence-electron chi connectivity index (χ1n) is 3.86. The van der Waals surface area contributed by atoms with Crippen molar-refractivity contribution in [1.29, 1.82) is 5.26 Å². The van der Waals surface area contributed by atoms with Crippen molar-refractivity contribution in [1.82, 2.24) is 12.3 Å². The van der Waals surface area contributed by atoms with Crippen LogP contribution in [0.1, 0.15) is 27.7 Å². The minimum Gasteiger partial charge on any atom is -0.397 e. The Bertz CT molecular complexity index is 213. The maximum atomic E-state index is 8.74. The Labute approximate surface area is 103 Å². The van der Waals surface area contributed by atoms with Crippen molar-refractivity contribution >= 4 is 10.4 Å².